The Morgan fingerprint density at radius 2 is 2.00 bits per heavy atom. The molecule has 9 heteroatoms. The van der Waals surface area contributed by atoms with Crippen molar-refractivity contribution in [1.82, 2.24) is 9.62 Å². The average molecular weight is 433 g/mol. The third-order valence-electron chi connectivity index (χ3n) is 5.15. The van der Waals surface area contributed by atoms with Gasteiger partial charge in [0, 0.05) is 19.5 Å². The molecular formula is C19H29ClN2O5S. The molecule has 0 saturated carbocycles. The number of rotatable bonds is 7. The lowest BCUT2D eigenvalue weighted by Crippen LogP contribution is -2.40. The van der Waals surface area contributed by atoms with Gasteiger partial charge < -0.3 is 14.8 Å². The second-order valence-electron chi connectivity index (χ2n) is 6.99. The summed E-state index contributed by atoms with van der Waals surface area (Å²) in [4.78, 5) is 12.1. The van der Waals surface area contributed by atoms with Gasteiger partial charge in [-0.05, 0) is 62.5 Å². The highest BCUT2D eigenvalue weighted by atomic mass is 35.5. The van der Waals surface area contributed by atoms with Gasteiger partial charge in [-0.25, -0.2) is 13.2 Å². The molecule has 2 aliphatic rings. The predicted molar refractivity (Wildman–Crippen MR) is 108 cm³/mol. The molecular weight excluding hydrogens is 404 g/mol. The number of carbonyl (C=O) groups excluding carboxylic acids is 1. The Balaban J connectivity index is 0.00000280. The molecule has 158 valence electrons. The summed E-state index contributed by atoms with van der Waals surface area (Å²) in [6, 6.07) is 4.83. The largest absolute Gasteiger partial charge is 0.478 e. The molecule has 0 aromatic heterocycles. The summed E-state index contributed by atoms with van der Waals surface area (Å²) < 4.78 is 38.2. The summed E-state index contributed by atoms with van der Waals surface area (Å²) in [6.07, 6.45) is 1.37. The third kappa shape index (κ3) is 4.97. The number of sulfonamides is 1. The molecule has 0 radical (unpaired) electrons. The summed E-state index contributed by atoms with van der Waals surface area (Å²) in [6.45, 7) is 7.06. The van der Waals surface area contributed by atoms with E-state index in [9.17, 15) is 13.2 Å². The Morgan fingerprint density at radius 3 is 2.64 bits per heavy atom. The van der Waals surface area contributed by atoms with E-state index in [1.807, 2.05) is 0 Å². The van der Waals surface area contributed by atoms with E-state index in [4.69, 9.17) is 9.47 Å². The van der Waals surface area contributed by atoms with Crippen LogP contribution in [0, 0.1) is 5.92 Å². The Bertz CT molecular complexity index is 779. The number of fused-ring (bicyclic) bond motifs is 1. The minimum atomic E-state index is -3.53. The number of halogens is 1. The van der Waals surface area contributed by atoms with Gasteiger partial charge in [-0.1, -0.05) is 6.92 Å². The Kier molecular flexibility index (Phi) is 8.12. The van der Waals surface area contributed by atoms with Crippen LogP contribution in [0.15, 0.2) is 23.1 Å². The summed E-state index contributed by atoms with van der Waals surface area (Å²) in [5.41, 5.74) is 0.733. The number of nitrogens with zero attached hydrogens (tertiary/aromatic N) is 1. The maximum Gasteiger partial charge on any atom is 0.347 e. The van der Waals surface area contributed by atoms with Gasteiger partial charge in [0.2, 0.25) is 10.0 Å². The summed E-state index contributed by atoms with van der Waals surface area (Å²) in [5, 5.41) is 3.33. The molecule has 0 bridgehead atoms. The molecule has 1 saturated heterocycles. The van der Waals surface area contributed by atoms with Gasteiger partial charge in [-0.3, -0.25) is 0 Å². The number of carbonyl (C=O) groups is 1. The minimum Gasteiger partial charge on any atom is -0.478 e. The maximum atomic E-state index is 13.0. The lowest BCUT2D eigenvalue weighted by atomic mass is 9.98. The monoisotopic (exact) mass is 432 g/mol. The molecule has 0 aliphatic carbocycles. The first-order valence-corrected chi connectivity index (χ1v) is 11.1. The molecule has 7 nitrogen and oxygen atoms in total. The summed E-state index contributed by atoms with van der Waals surface area (Å²) >= 11 is 0. The highest BCUT2D eigenvalue weighted by molar-refractivity contribution is 7.89. The Hall–Kier alpha value is -1.35. The number of nitrogens with one attached hydrogen (secondary N) is 1. The molecule has 1 aromatic carbocycles. The van der Waals surface area contributed by atoms with Gasteiger partial charge in [-0.2, -0.15) is 4.31 Å². The van der Waals surface area contributed by atoms with Crippen molar-refractivity contribution in [2.45, 2.75) is 44.1 Å². The average Bonchev–Trinajstić information content (AvgIpc) is 3.10. The van der Waals surface area contributed by atoms with Crippen LogP contribution in [0.1, 0.15) is 32.3 Å². The predicted octanol–water partition coefficient (Wildman–Crippen LogP) is 1.99. The summed E-state index contributed by atoms with van der Waals surface area (Å²) in [5.74, 6) is 0.660. The SMILES string of the molecule is CCNCC1CCN(S(=O)(=O)c2ccc3c(c2)CC(C(=O)OCC)O3)CC1.Cl. The van der Waals surface area contributed by atoms with E-state index in [1.165, 1.54) is 0 Å². The molecule has 2 heterocycles. The third-order valence-corrected chi connectivity index (χ3v) is 7.04. The fourth-order valence-corrected chi connectivity index (χ4v) is 5.12. The van der Waals surface area contributed by atoms with Gasteiger partial charge >= 0.3 is 5.97 Å². The smallest absolute Gasteiger partial charge is 0.347 e. The highest BCUT2D eigenvalue weighted by Gasteiger charge is 2.33. The maximum absolute atomic E-state index is 13.0. The molecule has 1 atom stereocenters. The van der Waals surface area contributed by atoms with Crippen LogP contribution in [0.5, 0.6) is 5.75 Å². The zero-order valence-electron chi connectivity index (χ0n) is 16.3. The molecule has 28 heavy (non-hydrogen) atoms. The molecule has 0 spiro atoms. The van der Waals surface area contributed by atoms with E-state index in [1.54, 1.807) is 29.4 Å². The number of benzene rings is 1. The van der Waals surface area contributed by atoms with Gasteiger partial charge in [0.15, 0.2) is 6.10 Å². The van der Waals surface area contributed by atoms with E-state index in [2.05, 4.69) is 12.2 Å². The number of piperidine rings is 1. The summed E-state index contributed by atoms with van der Waals surface area (Å²) in [7, 11) is -3.53. The van der Waals surface area contributed by atoms with E-state index in [0.29, 0.717) is 37.8 Å². The van der Waals surface area contributed by atoms with Crippen LogP contribution in [-0.2, 0) is 26.0 Å². The van der Waals surface area contributed by atoms with Crippen LogP contribution >= 0.6 is 12.4 Å². The molecule has 3 rings (SSSR count). The van der Waals surface area contributed by atoms with Crippen LogP contribution in [0.3, 0.4) is 0 Å². The van der Waals surface area contributed by atoms with Crippen molar-refractivity contribution in [1.29, 1.82) is 0 Å². The minimum absolute atomic E-state index is 0. The molecule has 1 aromatic rings. The molecule has 1 N–H and O–H groups in total. The van der Waals surface area contributed by atoms with Gasteiger partial charge in [-0.15, -0.1) is 12.4 Å². The Morgan fingerprint density at radius 1 is 1.29 bits per heavy atom. The van der Waals surface area contributed by atoms with E-state index in [-0.39, 0.29) is 17.3 Å². The second-order valence-corrected chi connectivity index (χ2v) is 8.93. The highest BCUT2D eigenvalue weighted by Crippen LogP contribution is 2.33. The van der Waals surface area contributed by atoms with Gasteiger partial charge in [0.05, 0.1) is 11.5 Å². The van der Waals surface area contributed by atoms with Crippen molar-refractivity contribution in [3.8, 4) is 5.75 Å². The first kappa shape index (κ1) is 22.9. The van der Waals surface area contributed by atoms with Crippen LogP contribution in [-0.4, -0.2) is 57.6 Å². The van der Waals surface area contributed by atoms with Gasteiger partial charge in [0.1, 0.15) is 5.75 Å². The van der Waals surface area contributed by atoms with Crippen LogP contribution in [0.25, 0.3) is 0 Å². The molecule has 2 aliphatic heterocycles. The van der Waals surface area contributed by atoms with Crippen molar-refractivity contribution in [2.75, 3.05) is 32.8 Å². The fourth-order valence-electron chi connectivity index (χ4n) is 3.60. The molecule has 1 unspecified atom stereocenters. The number of hydrogen-bond acceptors (Lipinski definition) is 6. The zero-order valence-corrected chi connectivity index (χ0v) is 18.0. The molecule has 1 fully saturated rings. The Labute approximate surface area is 173 Å². The second kappa shape index (κ2) is 9.91. The van der Waals surface area contributed by atoms with E-state index in [0.717, 1.165) is 31.5 Å². The topological polar surface area (TPSA) is 84.9 Å². The van der Waals surface area contributed by atoms with Crippen molar-refractivity contribution in [3.63, 3.8) is 0 Å². The quantitative estimate of drug-likeness (QED) is 0.663. The normalized spacial score (nSPS) is 20.1. The van der Waals surface area contributed by atoms with E-state index < -0.39 is 22.1 Å². The lowest BCUT2D eigenvalue weighted by molar-refractivity contribution is -0.150. The van der Waals surface area contributed by atoms with Crippen LogP contribution in [0.4, 0.5) is 0 Å². The lowest BCUT2D eigenvalue weighted by Gasteiger charge is -2.31. The van der Waals surface area contributed by atoms with Crippen molar-refractivity contribution in [3.05, 3.63) is 23.8 Å². The standard InChI is InChI=1S/C19H28N2O5S.ClH/c1-3-20-13-14-7-9-21(10-8-14)27(23,24)16-5-6-17-15(11-16)12-18(26-17)19(22)25-4-2;/h5-6,11,14,18,20H,3-4,7-10,12-13H2,1-2H3;1H. The van der Waals surface area contributed by atoms with Crippen LogP contribution in [0.2, 0.25) is 0 Å². The molecule has 0 amide bonds. The van der Waals surface area contributed by atoms with E-state index >= 15 is 0 Å². The van der Waals surface area contributed by atoms with Crippen molar-refractivity contribution in [2.24, 2.45) is 5.92 Å². The number of esters is 1. The first-order chi connectivity index (χ1) is 13.0. The van der Waals surface area contributed by atoms with Crippen molar-refractivity contribution >= 4 is 28.4 Å². The van der Waals surface area contributed by atoms with Gasteiger partial charge in [0.25, 0.3) is 0 Å². The number of ether oxygens (including phenoxy) is 2. The van der Waals surface area contributed by atoms with Crippen LogP contribution < -0.4 is 10.1 Å². The number of hydrogen-bond donors (Lipinski definition) is 1. The fraction of sp³-hybridized carbons (Fsp3) is 0.632. The zero-order chi connectivity index (χ0) is 19.4. The van der Waals surface area contributed by atoms with Crippen molar-refractivity contribution < 1.29 is 22.7 Å². The first-order valence-electron chi connectivity index (χ1n) is 9.62.